The molecule has 0 spiro atoms. The summed E-state index contributed by atoms with van der Waals surface area (Å²) < 4.78 is 21.8. The highest BCUT2D eigenvalue weighted by Crippen LogP contribution is 2.06. The van der Waals surface area contributed by atoms with Crippen LogP contribution in [0.5, 0.6) is 0 Å². The third-order valence-electron chi connectivity index (χ3n) is 4.31. The smallest absolute Gasteiger partial charge is 0.332 e. The van der Waals surface area contributed by atoms with Gasteiger partial charge in [0.05, 0.1) is 6.33 Å². The van der Waals surface area contributed by atoms with E-state index < -0.39 is 35.5 Å². The topological polar surface area (TPSA) is 117 Å². The zero-order chi connectivity index (χ0) is 21.1. The third-order valence-corrected chi connectivity index (χ3v) is 4.31. The molecule has 11 heteroatoms. The number of esters is 1. The lowest BCUT2D eigenvalue weighted by Gasteiger charge is -2.08. The third kappa shape index (κ3) is 4.08. The quantitative estimate of drug-likeness (QED) is 0.551. The first-order chi connectivity index (χ1) is 13.8. The fourth-order valence-electron chi connectivity index (χ4n) is 2.73. The zero-order valence-electron chi connectivity index (χ0n) is 15.7. The van der Waals surface area contributed by atoms with Crippen LogP contribution in [-0.4, -0.2) is 37.2 Å². The van der Waals surface area contributed by atoms with Gasteiger partial charge in [0.2, 0.25) is 0 Å². The van der Waals surface area contributed by atoms with Gasteiger partial charge in [0.15, 0.2) is 17.8 Å². The van der Waals surface area contributed by atoms with Crippen LogP contribution in [0.2, 0.25) is 0 Å². The van der Waals surface area contributed by atoms with E-state index in [2.05, 4.69) is 10.3 Å². The molecule has 0 aliphatic carbocycles. The van der Waals surface area contributed by atoms with Crippen molar-refractivity contribution in [2.24, 2.45) is 14.1 Å². The van der Waals surface area contributed by atoms with Gasteiger partial charge in [-0.25, -0.2) is 14.2 Å². The van der Waals surface area contributed by atoms with Crippen molar-refractivity contribution in [2.75, 3.05) is 6.61 Å². The number of hydrogen-bond acceptors (Lipinski definition) is 6. The molecule has 2 aromatic heterocycles. The number of aromatic nitrogens is 4. The Balaban J connectivity index is 1.61. The van der Waals surface area contributed by atoms with Crippen LogP contribution in [0.3, 0.4) is 0 Å². The van der Waals surface area contributed by atoms with Crippen molar-refractivity contribution in [2.45, 2.75) is 13.1 Å². The zero-order valence-corrected chi connectivity index (χ0v) is 15.7. The minimum absolute atomic E-state index is 0.0424. The van der Waals surface area contributed by atoms with Gasteiger partial charge < -0.3 is 14.6 Å². The number of nitrogens with zero attached hydrogens (tertiary/aromatic N) is 4. The molecule has 1 aromatic carbocycles. The Bertz CT molecular complexity index is 1210. The Hall–Kier alpha value is -3.76. The van der Waals surface area contributed by atoms with Crippen molar-refractivity contribution in [3.63, 3.8) is 0 Å². The van der Waals surface area contributed by atoms with E-state index in [0.717, 1.165) is 4.57 Å². The fourth-order valence-corrected chi connectivity index (χ4v) is 2.73. The molecule has 3 aromatic rings. The number of halogens is 1. The molecule has 0 radical (unpaired) electrons. The monoisotopic (exact) mass is 403 g/mol. The number of carbonyl (C=O) groups is 2. The van der Waals surface area contributed by atoms with E-state index in [1.54, 1.807) is 6.07 Å². The number of fused-ring (bicyclic) bond motifs is 1. The van der Waals surface area contributed by atoms with Gasteiger partial charge in [0.1, 0.15) is 12.4 Å². The Kier molecular flexibility index (Phi) is 5.57. The van der Waals surface area contributed by atoms with Crippen molar-refractivity contribution < 1.29 is 18.7 Å². The second kappa shape index (κ2) is 8.09. The van der Waals surface area contributed by atoms with E-state index >= 15 is 0 Å². The minimum atomic E-state index is -0.777. The van der Waals surface area contributed by atoms with Crippen LogP contribution in [0.25, 0.3) is 11.2 Å². The van der Waals surface area contributed by atoms with Crippen LogP contribution < -0.4 is 16.6 Å². The molecule has 3 rings (SSSR count). The molecule has 1 N–H and O–H groups in total. The molecule has 29 heavy (non-hydrogen) atoms. The average molecular weight is 403 g/mol. The van der Waals surface area contributed by atoms with Gasteiger partial charge in [0.25, 0.3) is 11.5 Å². The lowest BCUT2D eigenvalue weighted by Crippen LogP contribution is -2.37. The first kappa shape index (κ1) is 20.0. The number of rotatable bonds is 6. The van der Waals surface area contributed by atoms with Crippen LogP contribution in [0.1, 0.15) is 5.56 Å². The van der Waals surface area contributed by atoms with Gasteiger partial charge in [-0.15, -0.1) is 0 Å². The van der Waals surface area contributed by atoms with Gasteiger partial charge >= 0.3 is 11.7 Å². The van der Waals surface area contributed by atoms with Gasteiger partial charge in [-0.1, -0.05) is 18.2 Å². The van der Waals surface area contributed by atoms with E-state index in [-0.39, 0.29) is 24.3 Å². The molecule has 10 nitrogen and oxygen atoms in total. The number of ether oxygens (including phenoxy) is 1. The molecular weight excluding hydrogens is 385 g/mol. The van der Waals surface area contributed by atoms with E-state index in [9.17, 15) is 23.6 Å². The summed E-state index contributed by atoms with van der Waals surface area (Å²) in [5, 5.41) is 2.45. The van der Waals surface area contributed by atoms with E-state index in [0.29, 0.717) is 5.56 Å². The summed E-state index contributed by atoms with van der Waals surface area (Å²) in [6.07, 6.45) is 1.24. The van der Waals surface area contributed by atoms with E-state index in [4.69, 9.17) is 4.74 Å². The lowest BCUT2D eigenvalue weighted by atomic mass is 10.2. The normalized spacial score (nSPS) is 10.9. The highest BCUT2D eigenvalue weighted by Gasteiger charge is 2.17. The molecule has 1 amide bonds. The average Bonchev–Trinajstić information content (AvgIpc) is 3.12. The number of benzene rings is 1. The molecule has 152 valence electrons. The fraction of sp³-hybridized carbons (Fsp3) is 0.278. The first-order valence-electron chi connectivity index (χ1n) is 8.56. The maximum Gasteiger partial charge on any atom is 0.332 e. The summed E-state index contributed by atoms with van der Waals surface area (Å²) in [6.45, 7) is -0.972. The maximum atomic E-state index is 13.5. The van der Waals surface area contributed by atoms with Crippen molar-refractivity contribution in [3.05, 3.63) is 62.8 Å². The maximum absolute atomic E-state index is 13.5. The Morgan fingerprint density at radius 3 is 2.62 bits per heavy atom. The van der Waals surface area contributed by atoms with Crippen LogP contribution >= 0.6 is 0 Å². The van der Waals surface area contributed by atoms with Gasteiger partial charge in [-0.05, 0) is 6.07 Å². The molecule has 2 heterocycles. The van der Waals surface area contributed by atoms with Crippen molar-refractivity contribution in [1.29, 1.82) is 0 Å². The molecule has 0 saturated heterocycles. The van der Waals surface area contributed by atoms with Crippen LogP contribution in [-0.2, 0) is 41.5 Å². The molecule has 0 unspecified atom stereocenters. The summed E-state index contributed by atoms with van der Waals surface area (Å²) in [6, 6.07) is 5.98. The predicted octanol–water partition coefficient (Wildman–Crippen LogP) is -0.568. The number of amides is 1. The van der Waals surface area contributed by atoms with Gasteiger partial charge in [-0.3, -0.25) is 23.5 Å². The molecular formula is C18H18FN5O5. The van der Waals surface area contributed by atoms with Gasteiger partial charge in [-0.2, -0.15) is 0 Å². The second-order valence-electron chi connectivity index (χ2n) is 6.28. The van der Waals surface area contributed by atoms with Crippen molar-refractivity contribution in [1.82, 2.24) is 24.0 Å². The van der Waals surface area contributed by atoms with Crippen molar-refractivity contribution >= 4 is 23.0 Å². The minimum Gasteiger partial charge on any atom is -0.454 e. The lowest BCUT2D eigenvalue weighted by molar-refractivity contribution is -0.149. The summed E-state index contributed by atoms with van der Waals surface area (Å²) in [4.78, 5) is 52.1. The highest BCUT2D eigenvalue weighted by atomic mass is 19.1. The first-order valence-corrected chi connectivity index (χ1v) is 8.56. The second-order valence-corrected chi connectivity index (χ2v) is 6.28. The Morgan fingerprint density at radius 2 is 1.90 bits per heavy atom. The van der Waals surface area contributed by atoms with Crippen LogP contribution in [0.4, 0.5) is 4.39 Å². The standard InChI is InChI=1S/C18H18FN5O5/c1-22-16-15(17(27)23(2)18(22)28)24(10-21-16)8-14(26)29-9-13(25)20-7-11-5-3-4-6-12(11)19/h3-6,10H,7-9H2,1-2H3,(H,20,25). The number of hydrogen-bond donors (Lipinski definition) is 1. The predicted molar refractivity (Wildman–Crippen MR) is 99.4 cm³/mol. The van der Waals surface area contributed by atoms with Gasteiger partial charge in [0, 0.05) is 26.2 Å². The number of carbonyl (C=O) groups excluding carboxylic acids is 2. The largest absolute Gasteiger partial charge is 0.454 e. The highest BCUT2D eigenvalue weighted by molar-refractivity contribution is 5.81. The Morgan fingerprint density at radius 1 is 1.17 bits per heavy atom. The molecule has 0 fully saturated rings. The molecule has 0 aliphatic rings. The summed E-state index contributed by atoms with van der Waals surface area (Å²) in [7, 11) is 2.78. The van der Waals surface area contributed by atoms with Crippen molar-refractivity contribution in [3.8, 4) is 0 Å². The number of imidazole rings is 1. The number of aryl methyl sites for hydroxylation is 1. The summed E-state index contributed by atoms with van der Waals surface area (Å²) >= 11 is 0. The summed E-state index contributed by atoms with van der Waals surface area (Å²) in [5.74, 6) is -1.83. The van der Waals surface area contributed by atoms with E-state index in [1.807, 2.05) is 0 Å². The number of nitrogens with one attached hydrogen (secondary N) is 1. The molecule has 0 saturated carbocycles. The van der Waals surface area contributed by atoms with Crippen LogP contribution in [0, 0.1) is 5.82 Å². The molecule has 0 bridgehead atoms. The molecule has 0 atom stereocenters. The molecule has 0 aliphatic heterocycles. The van der Waals surface area contributed by atoms with E-state index in [1.165, 1.54) is 47.8 Å². The summed E-state index contributed by atoms with van der Waals surface area (Å²) in [5.41, 5.74) is -0.638. The van der Waals surface area contributed by atoms with Crippen LogP contribution in [0.15, 0.2) is 40.2 Å². The Labute approximate surface area is 163 Å². The SMILES string of the molecule is Cn1c(=O)c2c(ncn2CC(=O)OCC(=O)NCc2ccccc2F)n(C)c1=O.